The zero-order chi connectivity index (χ0) is 12.1. The monoisotopic (exact) mass is 230 g/mol. The number of allylic oxidation sites excluding steroid dienone is 2. The normalized spacial score (nSPS) is 20.9. The zero-order valence-corrected chi connectivity index (χ0v) is 10.1. The molecule has 1 aliphatic rings. The van der Waals surface area contributed by atoms with Crippen molar-refractivity contribution in [3.05, 3.63) is 48.0 Å². The second kappa shape index (κ2) is 5.67. The Morgan fingerprint density at radius 1 is 1.35 bits per heavy atom. The first-order chi connectivity index (χ1) is 8.33. The summed E-state index contributed by atoms with van der Waals surface area (Å²) in [7, 11) is 1.46. The highest BCUT2D eigenvalue weighted by Crippen LogP contribution is 2.33. The van der Waals surface area contributed by atoms with Crippen LogP contribution in [-0.4, -0.2) is 13.1 Å². The van der Waals surface area contributed by atoms with Crippen molar-refractivity contribution in [3.8, 4) is 0 Å². The van der Waals surface area contributed by atoms with Crippen LogP contribution in [0.1, 0.15) is 30.7 Å². The molecule has 1 aromatic carbocycles. The number of carbonyl (C=O) groups excluding carboxylic acids is 1. The van der Waals surface area contributed by atoms with Gasteiger partial charge in [0.15, 0.2) is 0 Å². The lowest BCUT2D eigenvalue weighted by atomic mass is 9.80. The van der Waals surface area contributed by atoms with E-state index in [2.05, 4.69) is 12.2 Å². The van der Waals surface area contributed by atoms with Crippen molar-refractivity contribution in [3.63, 3.8) is 0 Å². The van der Waals surface area contributed by atoms with Crippen molar-refractivity contribution in [2.45, 2.75) is 25.2 Å². The molecule has 0 N–H and O–H groups in total. The van der Waals surface area contributed by atoms with Gasteiger partial charge in [0.25, 0.3) is 0 Å². The summed E-state index contributed by atoms with van der Waals surface area (Å²) in [5.74, 6) is -0.0101. The molecular formula is C15H18O2. The Morgan fingerprint density at radius 2 is 2.12 bits per heavy atom. The molecule has 2 nitrogen and oxygen atoms in total. The maximum Gasteiger partial charge on any atom is 0.313 e. The molecule has 0 bridgehead atoms. The van der Waals surface area contributed by atoms with E-state index in [1.165, 1.54) is 7.11 Å². The van der Waals surface area contributed by atoms with Crippen molar-refractivity contribution in [1.82, 2.24) is 0 Å². The van der Waals surface area contributed by atoms with Gasteiger partial charge in [-0.25, -0.2) is 0 Å². The Bertz CT molecular complexity index is 395. The summed E-state index contributed by atoms with van der Waals surface area (Å²) in [6.45, 7) is 0. The SMILES string of the molecule is COC(=O)[C@H](c1ccccc1)[C@@H]1C=CCCC1. The molecule has 0 fully saturated rings. The molecule has 17 heavy (non-hydrogen) atoms. The fraction of sp³-hybridized carbons (Fsp3) is 0.400. The van der Waals surface area contributed by atoms with Crippen molar-refractivity contribution in [2.24, 2.45) is 5.92 Å². The second-order valence-electron chi connectivity index (χ2n) is 4.43. The molecule has 0 saturated carbocycles. The largest absolute Gasteiger partial charge is 0.469 e. The minimum absolute atomic E-state index is 0.132. The molecule has 1 aliphatic carbocycles. The lowest BCUT2D eigenvalue weighted by Gasteiger charge is -2.25. The molecule has 0 saturated heterocycles. The quantitative estimate of drug-likeness (QED) is 0.588. The molecule has 0 spiro atoms. The number of hydrogen-bond acceptors (Lipinski definition) is 2. The van der Waals surface area contributed by atoms with Crippen LogP contribution < -0.4 is 0 Å². The van der Waals surface area contributed by atoms with Crippen LogP contribution in [-0.2, 0) is 9.53 Å². The van der Waals surface area contributed by atoms with E-state index in [9.17, 15) is 4.79 Å². The molecule has 0 amide bonds. The van der Waals surface area contributed by atoms with Crippen LogP contribution in [0.4, 0.5) is 0 Å². The Hall–Kier alpha value is -1.57. The van der Waals surface area contributed by atoms with Crippen LogP contribution in [0.3, 0.4) is 0 Å². The van der Waals surface area contributed by atoms with Gasteiger partial charge in [-0.2, -0.15) is 0 Å². The summed E-state index contributed by atoms with van der Waals surface area (Å²) in [6, 6.07) is 9.91. The maximum absolute atomic E-state index is 12.0. The highest BCUT2D eigenvalue weighted by Gasteiger charge is 2.29. The molecule has 0 heterocycles. The molecule has 2 atom stereocenters. The zero-order valence-electron chi connectivity index (χ0n) is 10.1. The summed E-state index contributed by atoms with van der Waals surface area (Å²) in [6.07, 6.45) is 7.68. The van der Waals surface area contributed by atoms with Crippen molar-refractivity contribution in [1.29, 1.82) is 0 Å². The Morgan fingerprint density at radius 3 is 2.71 bits per heavy atom. The molecule has 90 valence electrons. The van der Waals surface area contributed by atoms with Gasteiger partial charge in [-0.15, -0.1) is 0 Å². The summed E-state index contributed by atoms with van der Waals surface area (Å²) in [4.78, 5) is 12.0. The molecule has 2 heteroatoms. The summed E-state index contributed by atoms with van der Waals surface area (Å²) >= 11 is 0. The molecule has 0 radical (unpaired) electrons. The average molecular weight is 230 g/mol. The molecule has 0 aliphatic heterocycles. The summed E-state index contributed by atoms with van der Waals surface area (Å²) in [5, 5.41) is 0. The van der Waals surface area contributed by atoms with Crippen molar-refractivity contribution < 1.29 is 9.53 Å². The van der Waals surface area contributed by atoms with E-state index in [1.807, 2.05) is 30.3 Å². The van der Waals surface area contributed by atoms with Crippen LogP contribution >= 0.6 is 0 Å². The number of hydrogen-bond donors (Lipinski definition) is 0. The topological polar surface area (TPSA) is 26.3 Å². The van der Waals surface area contributed by atoms with E-state index in [1.54, 1.807) is 0 Å². The van der Waals surface area contributed by atoms with Gasteiger partial charge in [-0.3, -0.25) is 4.79 Å². The first kappa shape index (κ1) is 11.9. The van der Waals surface area contributed by atoms with Crippen LogP contribution in [0.25, 0.3) is 0 Å². The predicted octanol–water partition coefficient (Wildman–Crippen LogP) is 3.30. The third-order valence-electron chi connectivity index (χ3n) is 3.33. The third kappa shape index (κ3) is 2.76. The molecule has 0 aromatic heterocycles. The minimum atomic E-state index is -0.155. The Balaban J connectivity index is 2.28. The van der Waals surface area contributed by atoms with Gasteiger partial charge in [0, 0.05) is 0 Å². The van der Waals surface area contributed by atoms with Gasteiger partial charge in [0.1, 0.15) is 0 Å². The Labute approximate surface area is 102 Å². The van der Waals surface area contributed by atoms with E-state index >= 15 is 0 Å². The van der Waals surface area contributed by atoms with Crippen LogP contribution in [0.15, 0.2) is 42.5 Å². The second-order valence-corrected chi connectivity index (χ2v) is 4.43. The van der Waals surface area contributed by atoms with Crippen LogP contribution in [0, 0.1) is 5.92 Å². The highest BCUT2D eigenvalue weighted by molar-refractivity contribution is 5.78. The van der Waals surface area contributed by atoms with Crippen molar-refractivity contribution in [2.75, 3.05) is 7.11 Å². The number of rotatable bonds is 3. The fourth-order valence-electron chi connectivity index (χ4n) is 2.46. The van der Waals surface area contributed by atoms with Crippen LogP contribution in [0.5, 0.6) is 0 Å². The van der Waals surface area contributed by atoms with Gasteiger partial charge in [-0.1, -0.05) is 42.5 Å². The average Bonchev–Trinajstić information content (AvgIpc) is 2.41. The number of ether oxygens (including phenoxy) is 1. The molecular weight excluding hydrogens is 212 g/mol. The van der Waals surface area contributed by atoms with E-state index in [0.717, 1.165) is 24.8 Å². The van der Waals surface area contributed by atoms with E-state index in [4.69, 9.17) is 4.74 Å². The van der Waals surface area contributed by atoms with Gasteiger partial charge < -0.3 is 4.74 Å². The van der Waals surface area contributed by atoms with E-state index in [-0.39, 0.29) is 17.8 Å². The van der Waals surface area contributed by atoms with E-state index in [0.29, 0.717) is 0 Å². The molecule has 1 aromatic rings. The number of methoxy groups -OCH3 is 1. The number of carbonyl (C=O) groups is 1. The first-order valence-corrected chi connectivity index (χ1v) is 6.12. The van der Waals surface area contributed by atoms with Gasteiger partial charge in [0.2, 0.25) is 0 Å². The third-order valence-corrected chi connectivity index (χ3v) is 3.33. The molecule has 2 rings (SSSR count). The first-order valence-electron chi connectivity index (χ1n) is 6.12. The van der Waals surface area contributed by atoms with E-state index < -0.39 is 0 Å². The van der Waals surface area contributed by atoms with Gasteiger partial charge >= 0.3 is 5.97 Å². The lowest BCUT2D eigenvalue weighted by molar-refractivity contribution is -0.143. The smallest absolute Gasteiger partial charge is 0.313 e. The van der Waals surface area contributed by atoms with Gasteiger partial charge in [-0.05, 0) is 30.7 Å². The molecule has 0 unspecified atom stereocenters. The van der Waals surface area contributed by atoms with Crippen LogP contribution in [0.2, 0.25) is 0 Å². The Kier molecular flexibility index (Phi) is 3.97. The highest BCUT2D eigenvalue weighted by atomic mass is 16.5. The lowest BCUT2D eigenvalue weighted by Crippen LogP contribution is -2.23. The minimum Gasteiger partial charge on any atom is -0.469 e. The van der Waals surface area contributed by atoms with Crippen molar-refractivity contribution >= 4 is 5.97 Å². The number of esters is 1. The standard InChI is InChI=1S/C15H18O2/c1-17-15(16)14(12-8-4-2-5-9-12)13-10-6-3-7-11-13/h2,4-6,8-10,13-14H,3,7,11H2,1H3/t13-,14-/m1/s1. The summed E-state index contributed by atoms with van der Waals surface area (Å²) in [5.41, 5.74) is 1.05. The fourth-order valence-corrected chi connectivity index (χ4v) is 2.46. The van der Waals surface area contributed by atoms with Gasteiger partial charge in [0.05, 0.1) is 13.0 Å². The predicted molar refractivity (Wildman–Crippen MR) is 67.7 cm³/mol. The summed E-state index contributed by atoms with van der Waals surface area (Å²) < 4.78 is 4.95. The maximum atomic E-state index is 12.0. The number of benzene rings is 1.